The van der Waals surface area contributed by atoms with Crippen molar-refractivity contribution in [1.29, 1.82) is 0 Å². The standard InChI is InChI=1S/C30H46O2.C5H11O3.Al/c1-18(21-14-19(27(2,3)4)16-23(25(21)31)29(8,9)10)22-15-20(28(5,6)7)17-24(26(22)32)30(11,12)13;1-7-4-5-8-3-2-6;/h14-18,31-32H,1-13H3;2-5H2,1H3;/q;-1;+3/p-2. The first-order valence-electron chi connectivity index (χ1n) is 15.1. The van der Waals surface area contributed by atoms with Crippen molar-refractivity contribution in [2.45, 2.75) is 118 Å². The monoisotopic (exact) mass is 582 g/mol. The number of fused-ring (bicyclic) bond motifs is 2. The highest BCUT2D eigenvalue weighted by Crippen LogP contribution is 2.49. The predicted octanol–water partition coefficient (Wildman–Crippen LogP) is 8.46. The minimum Gasteiger partial charge on any atom is -0.588 e. The van der Waals surface area contributed by atoms with Crippen molar-refractivity contribution in [2.24, 2.45) is 0 Å². The third-order valence-corrected chi connectivity index (χ3v) is 9.22. The van der Waals surface area contributed by atoms with Gasteiger partial charge in [-0.25, -0.2) is 0 Å². The van der Waals surface area contributed by atoms with Crippen LogP contribution in [0.25, 0.3) is 0 Å². The number of ether oxygens (including phenoxy) is 2. The molecule has 228 valence electrons. The van der Waals surface area contributed by atoms with Gasteiger partial charge in [0.2, 0.25) is 0 Å². The van der Waals surface area contributed by atoms with Gasteiger partial charge < -0.3 is 20.8 Å². The third kappa shape index (κ3) is 8.30. The Hall–Kier alpha value is -1.55. The molecule has 0 fully saturated rings. The predicted molar refractivity (Wildman–Crippen MR) is 171 cm³/mol. The topological polar surface area (TPSA) is 46.2 Å². The summed E-state index contributed by atoms with van der Waals surface area (Å²) in [5.41, 5.74) is 7.16. The fourth-order valence-electron chi connectivity index (χ4n) is 5.09. The fourth-order valence-corrected chi connectivity index (χ4v) is 6.47. The summed E-state index contributed by atoms with van der Waals surface area (Å²) in [5.74, 6) is 1.90. The molecule has 3 rings (SSSR count). The molecule has 1 aliphatic rings. The maximum atomic E-state index is 6.90. The van der Waals surface area contributed by atoms with E-state index in [1.807, 2.05) is 0 Å². The third-order valence-electron chi connectivity index (χ3n) is 7.86. The first-order valence-corrected chi connectivity index (χ1v) is 16.6. The Morgan fingerprint density at radius 2 is 1.02 bits per heavy atom. The molecule has 0 aliphatic carbocycles. The molecule has 1 heterocycles. The molecule has 0 unspecified atom stereocenters. The Labute approximate surface area is 255 Å². The highest BCUT2D eigenvalue weighted by molar-refractivity contribution is 6.38. The number of hydrogen-bond donors (Lipinski definition) is 0. The van der Waals surface area contributed by atoms with E-state index in [-0.39, 0.29) is 27.6 Å². The van der Waals surface area contributed by atoms with E-state index in [9.17, 15) is 0 Å². The molecule has 1 aliphatic heterocycles. The summed E-state index contributed by atoms with van der Waals surface area (Å²) in [7, 11) is 1.68. The maximum Gasteiger partial charge on any atom is 1.10 e. The second-order valence-electron chi connectivity index (χ2n) is 15.6. The molecular weight excluding hydrogens is 527 g/mol. The molecule has 0 saturated carbocycles. The van der Waals surface area contributed by atoms with Crippen LogP contribution in [0.15, 0.2) is 24.3 Å². The summed E-state index contributed by atoms with van der Waals surface area (Å²) in [6.45, 7) is 31.5. The van der Waals surface area contributed by atoms with Gasteiger partial charge in [0.1, 0.15) is 0 Å². The smallest absolute Gasteiger partial charge is 0.588 e. The van der Waals surface area contributed by atoms with Gasteiger partial charge in [-0.1, -0.05) is 114 Å². The Morgan fingerprint density at radius 3 is 1.39 bits per heavy atom. The summed E-state index contributed by atoms with van der Waals surface area (Å²) in [5, 5.41) is 0. The van der Waals surface area contributed by atoms with Gasteiger partial charge in [-0.15, -0.1) is 0 Å². The molecule has 0 bridgehead atoms. The number of benzene rings is 2. The lowest BCUT2D eigenvalue weighted by Gasteiger charge is -2.37. The summed E-state index contributed by atoms with van der Waals surface area (Å²) in [6, 6.07) is 9.40. The van der Waals surface area contributed by atoms with Crippen LogP contribution in [0.3, 0.4) is 0 Å². The summed E-state index contributed by atoms with van der Waals surface area (Å²) in [4.78, 5) is 0. The molecule has 2 aromatic carbocycles. The van der Waals surface area contributed by atoms with E-state index in [1.54, 1.807) is 7.11 Å². The molecular formula is C35H55AlO5. The number of methoxy groups -OCH3 is 1. The van der Waals surface area contributed by atoms with E-state index in [4.69, 9.17) is 20.8 Å². The summed E-state index contributed by atoms with van der Waals surface area (Å²) < 4.78 is 31.0. The maximum absolute atomic E-state index is 6.90. The van der Waals surface area contributed by atoms with Crippen LogP contribution in [-0.4, -0.2) is 48.7 Å². The zero-order valence-corrected chi connectivity index (χ0v) is 29.5. The van der Waals surface area contributed by atoms with Gasteiger partial charge in [0.15, 0.2) is 0 Å². The lowest BCUT2D eigenvalue weighted by molar-refractivity contribution is 0.0463. The lowest BCUT2D eigenvalue weighted by Crippen LogP contribution is -2.39. The zero-order chi connectivity index (χ0) is 31.0. The van der Waals surface area contributed by atoms with Crippen LogP contribution in [0.2, 0.25) is 0 Å². The average Bonchev–Trinajstić information content (AvgIpc) is 2.82. The summed E-state index contributed by atoms with van der Waals surface area (Å²) >= 11 is -2.69. The van der Waals surface area contributed by atoms with Crippen molar-refractivity contribution < 1.29 is 20.8 Å². The van der Waals surface area contributed by atoms with Crippen molar-refractivity contribution in [3.05, 3.63) is 57.6 Å². The van der Waals surface area contributed by atoms with Crippen LogP contribution in [0, 0.1) is 0 Å². The molecule has 2 aromatic rings. The van der Waals surface area contributed by atoms with Gasteiger partial charge in [-0.05, 0) is 55.0 Å². The molecule has 6 heteroatoms. The molecule has 0 aromatic heterocycles. The SMILES string of the molecule is COCCOCC[O][Al]1[O]c2c(cc(C(C)(C)C)cc2C(C)(C)C)C(C)c2cc(C(C)(C)C)cc(C(C)(C)C)c2[O]1. The van der Waals surface area contributed by atoms with Gasteiger partial charge in [-0.3, -0.25) is 0 Å². The average molecular weight is 583 g/mol. The molecule has 0 radical (unpaired) electrons. The Balaban J connectivity index is 2.30. The van der Waals surface area contributed by atoms with E-state index in [1.165, 1.54) is 33.4 Å². The van der Waals surface area contributed by atoms with Crippen molar-refractivity contribution >= 4 is 15.1 Å². The van der Waals surface area contributed by atoms with E-state index in [2.05, 4.69) is 114 Å². The van der Waals surface area contributed by atoms with Gasteiger partial charge in [0.25, 0.3) is 0 Å². The van der Waals surface area contributed by atoms with E-state index in [0.29, 0.717) is 26.4 Å². The molecule has 0 saturated heterocycles. The van der Waals surface area contributed by atoms with E-state index >= 15 is 0 Å². The minimum absolute atomic E-state index is 0.00680. The Kier molecular flexibility index (Phi) is 10.4. The quantitative estimate of drug-likeness (QED) is 0.242. The molecule has 0 N–H and O–H groups in total. The van der Waals surface area contributed by atoms with Gasteiger partial charge in [0, 0.05) is 19.6 Å². The fraction of sp³-hybridized carbons (Fsp3) is 0.657. The molecule has 41 heavy (non-hydrogen) atoms. The Morgan fingerprint density at radius 1 is 0.610 bits per heavy atom. The minimum atomic E-state index is -2.69. The highest BCUT2D eigenvalue weighted by atomic mass is 27.3. The van der Waals surface area contributed by atoms with Crippen LogP contribution >= 0.6 is 0 Å². The van der Waals surface area contributed by atoms with Gasteiger partial charge in [-0.2, -0.15) is 0 Å². The van der Waals surface area contributed by atoms with Crippen molar-refractivity contribution in [3.8, 4) is 11.5 Å². The van der Waals surface area contributed by atoms with Crippen molar-refractivity contribution in [3.63, 3.8) is 0 Å². The number of hydrogen-bond acceptors (Lipinski definition) is 5. The first kappa shape index (κ1) is 33.9. The van der Waals surface area contributed by atoms with Crippen LogP contribution < -0.4 is 7.58 Å². The molecule has 0 spiro atoms. The van der Waals surface area contributed by atoms with Gasteiger partial charge >= 0.3 is 15.1 Å². The highest BCUT2D eigenvalue weighted by Gasteiger charge is 2.46. The van der Waals surface area contributed by atoms with E-state index < -0.39 is 15.1 Å². The lowest BCUT2D eigenvalue weighted by atomic mass is 9.74. The summed E-state index contributed by atoms with van der Waals surface area (Å²) in [6.07, 6.45) is 0. The Bertz CT molecular complexity index is 1110. The zero-order valence-electron chi connectivity index (χ0n) is 28.3. The largest absolute Gasteiger partial charge is 1.10 e. The normalized spacial score (nSPS) is 15.0. The molecule has 0 atom stereocenters. The molecule has 0 amide bonds. The second-order valence-corrected chi connectivity index (χ2v) is 17.0. The van der Waals surface area contributed by atoms with E-state index in [0.717, 1.165) is 11.5 Å². The number of rotatable bonds is 7. The van der Waals surface area contributed by atoms with Gasteiger partial charge in [0.05, 0.1) is 31.3 Å². The molecule has 5 nitrogen and oxygen atoms in total. The van der Waals surface area contributed by atoms with Crippen LogP contribution in [0.4, 0.5) is 0 Å². The van der Waals surface area contributed by atoms with Crippen molar-refractivity contribution in [2.75, 3.05) is 33.5 Å². The van der Waals surface area contributed by atoms with Crippen LogP contribution in [0.1, 0.15) is 129 Å². The van der Waals surface area contributed by atoms with Crippen molar-refractivity contribution in [1.82, 2.24) is 0 Å². The second kappa shape index (κ2) is 12.6. The first-order chi connectivity index (χ1) is 18.7. The van der Waals surface area contributed by atoms with Crippen LogP contribution in [0.5, 0.6) is 11.5 Å². The van der Waals surface area contributed by atoms with Crippen LogP contribution in [-0.2, 0) is 34.9 Å².